The average Bonchev–Trinajstić information content (AvgIpc) is 3.09. The Morgan fingerprint density at radius 2 is 1.66 bits per heavy atom. The van der Waals surface area contributed by atoms with Gasteiger partial charge in [0.25, 0.3) is 11.7 Å². The molecule has 2 heterocycles. The van der Waals surface area contributed by atoms with Gasteiger partial charge in [0.2, 0.25) is 0 Å². The normalized spacial score (nSPS) is 17.5. The van der Waals surface area contributed by atoms with E-state index in [1.165, 1.54) is 43.8 Å². The number of aliphatic hydroxyl groups is 1. The van der Waals surface area contributed by atoms with E-state index in [0.717, 1.165) is 17.0 Å². The van der Waals surface area contributed by atoms with Crippen LogP contribution in [-0.4, -0.2) is 35.3 Å². The number of aliphatic hydroxyl groups excluding tert-OH is 1. The summed E-state index contributed by atoms with van der Waals surface area (Å²) in [7, 11) is 1.41. The molecule has 1 atom stereocenters. The minimum absolute atomic E-state index is 0.0667. The number of ether oxygens (including phenoxy) is 2. The number of alkyl halides is 3. The summed E-state index contributed by atoms with van der Waals surface area (Å²) in [5.41, 5.74) is 0.346. The summed E-state index contributed by atoms with van der Waals surface area (Å²) in [6.07, 6.45) is -2.01. The third kappa shape index (κ3) is 4.78. The maximum atomic E-state index is 13.1. The molecule has 1 unspecified atom stereocenters. The van der Waals surface area contributed by atoms with Crippen molar-refractivity contribution < 1.29 is 37.3 Å². The van der Waals surface area contributed by atoms with Crippen LogP contribution in [0.2, 0.25) is 5.02 Å². The molecule has 1 fully saturated rings. The fraction of sp³-hybridized carbons (Fsp3) is 0.125. The van der Waals surface area contributed by atoms with Gasteiger partial charge in [-0.05, 0) is 60.2 Å². The van der Waals surface area contributed by atoms with Crippen molar-refractivity contribution in [1.29, 1.82) is 0 Å². The molecule has 1 N–H and O–H groups in total. The SMILES string of the molecule is COc1ccc(Cl)c(/C(O)=C2\C(=O)C(=O)N(c3ccc(OC(F)(F)F)cc3)C2c2ccncc2)c1. The van der Waals surface area contributed by atoms with Crippen molar-refractivity contribution in [2.24, 2.45) is 0 Å². The Hall–Kier alpha value is -4.05. The van der Waals surface area contributed by atoms with Gasteiger partial charge in [0.15, 0.2) is 0 Å². The van der Waals surface area contributed by atoms with E-state index >= 15 is 0 Å². The van der Waals surface area contributed by atoms with E-state index in [9.17, 15) is 27.9 Å². The highest BCUT2D eigenvalue weighted by molar-refractivity contribution is 6.52. The van der Waals surface area contributed by atoms with Crippen LogP contribution in [0.15, 0.2) is 72.6 Å². The summed E-state index contributed by atoms with van der Waals surface area (Å²) in [4.78, 5) is 31.3. The van der Waals surface area contributed by atoms with Crippen LogP contribution in [0.25, 0.3) is 5.76 Å². The van der Waals surface area contributed by atoms with Crippen LogP contribution in [0, 0.1) is 0 Å². The summed E-state index contributed by atoms with van der Waals surface area (Å²) in [6.45, 7) is 0. The zero-order valence-corrected chi connectivity index (χ0v) is 18.7. The smallest absolute Gasteiger partial charge is 0.507 e. The molecule has 0 saturated carbocycles. The number of aromatic nitrogens is 1. The van der Waals surface area contributed by atoms with Gasteiger partial charge in [-0.2, -0.15) is 0 Å². The largest absolute Gasteiger partial charge is 0.573 e. The number of ketones is 1. The molecule has 180 valence electrons. The number of carbonyl (C=O) groups is 2. The van der Waals surface area contributed by atoms with Crippen molar-refractivity contribution >= 4 is 34.7 Å². The average molecular weight is 505 g/mol. The number of methoxy groups -OCH3 is 1. The van der Waals surface area contributed by atoms with Gasteiger partial charge < -0.3 is 14.6 Å². The number of carbonyl (C=O) groups excluding carboxylic acids is 2. The second-order valence-corrected chi connectivity index (χ2v) is 7.74. The summed E-state index contributed by atoms with van der Waals surface area (Å²) >= 11 is 6.25. The number of nitrogens with zero attached hydrogens (tertiary/aromatic N) is 2. The number of amides is 1. The van der Waals surface area contributed by atoms with Crippen molar-refractivity contribution in [3.63, 3.8) is 0 Å². The topological polar surface area (TPSA) is 89.0 Å². The number of pyridine rings is 1. The van der Waals surface area contributed by atoms with Gasteiger partial charge in [-0.3, -0.25) is 19.5 Å². The predicted molar refractivity (Wildman–Crippen MR) is 120 cm³/mol. The maximum absolute atomic E-state index is 13.1. The zero-order valence-electron chi connectivity index (χ0n) is 17.9. The highest BCUT2D eigenvalue weighted by Crippen LogP contribution is 2.43. The highest BCUT2D eigenvalue weighted by atomic mass is 35.5. The molecule has 7 nitrogen and oxygen atoms in total. The van der Waals surface area contributed by atoms with E-state index in [0.29, 0.717) is 11.3 Å². The van der Waals surface area contributed by atoms with Crippen LogP contribution in [0.3, 0.4) is 0 Å². The summed E-state index contributed by atoms with van der Waals surface area (Å²) in [6, 6.07) is 10.9. The minimum atomic E-state index is -4.89. The lowest BCUT2D eigenvalue weighted by Gasteiger charge is -2.25. The first-order valence-electron chi connectivity index (χ1n) is 10.0. The van der Waals surface area contributed by atoms with Gasteiger partial charge in [0.1, 0.15) is 17.3 Å². The molecule has 0 bridgehead atoms. The van der Waals surface area contributed by atoms with E-state index in [4.69, 9.17) is 16.3 Å². The fourth-order valence-corrected chi connectivity index (χ4v) is 3.93. The monoisotopic (exact) mass is 504 g/mol. The Morgan fingerprint density at radius 1 is 1.03 bits per heavy atom. The van der Waals surface area contributed by atoms with Crippen molar-refractivity contribution in [3.05, 3.63) is 88.7 Å². The first kappa shape index (κ1) is 24.1. The molecule has 1 amide bonds. The zero-order chi connectivity index (χ0) is 25.3. The number of rotatable bonds is 5. The third-order valence-electron chi connectivity index (χ3n) is 5.24. The molecule has 1 saturated heterocycles. The Kier molecular flexibility index (Phi) is 6.40. The molecule has 1 aromatic heterocycles. The van der Waals surface area contributed by atoms with E-state index in [2.05, 4.69) is 9.72 Å². The molecule has 1 aliphatic heterocycles. The lowest BCUT2D eigenvalue weighted by atomic mass is 9.95. The van der Waals surface area contributed by atoms with Crippen molar-refractivity contribution in [1.82, 2.24) is 4.98 Å². The molecular formula is C24H16ClF3N2O5. The minimum Gasteiger partial charge on any atom is -0.507 e. The summed E-state index contributed by atoms with van der Waals surface area (Å²) < 4.78 is 46.6. The van der Waals surface area contributed by atoms with Crippen LogP contribution >= 0.6 is 11.6 Å². The molecule has 2 aromatic carbocycles. The van der Waals surface area contributed by atoms with Crippen molar-refractivity contribution in [2.75, 3.05) is 12.0 Å². The van der Waals surface area contributed by atoms with Crippen LogP contribution in [-0.2, 0) is 9.59 Å². The third-order valence-corrected chi connectivity index (χ3v) is 5.57. The molecule has 11 heteroatoms. The second-order valence-electron chi connectivity index (χ2n) is 7.34. The van der Waals surface area contributed by atoms with Crippen LogP contribution in [0.4, 0.5) is 18.9 Å². The standard InChI is InChI=1S/C24H16ClF3N2O5/c1-34-16-6-7-18(25)17(12-16)21(31)19-20(13-8-10-29-11-9-13)30(23(33)22(19)32)14-2-4-15(5-3-14)35-24(26,27)28/h2-12,20,31H,1H3/b21-19+. The Bertz CT molecular complexity index is 1310. The molecular weight excluding hydrogens is 489 g/mol. The number of hydrogen-bond donors (Lipinski definition) is 1. The van der Waals surface area contributed by atoms with Gasteiger partial charge >= 0.3 is 6.36 Å². The van der Waals surface area contributed by atoms with Crippen LogP contribution < -0.4 is 14.4 Å². The summed E-state index contributed by atoms with van der Waals surface area (Å²) in [5, 5.41) is 11.3. The second kappa shape index (κ2) is 9.30. The van der Waals surface area contributed by atoms with E-state index in [1.54, 1.807) is 18.2 Å². The number of anilines is 1. The first-order valence-corrected chi connectivity index (χ1v) is 10.4. The molecule has 0 spiro atoms. The number of Topliss-reactive ketones (excluding diaryl/α,β-unsaturated/α-hetero) is 1. The molecule has 35 heavy (non-hydrogen) atoms. The predicted octanol–water partition coefficient (Wildman–Crippen LogP) is 5.27. The lowest BCUT2D eigenvalue weighted by molar-refractivity contribution is -0.274. The molecule has 0 radical (unpaired) electrons. The van der Waals surface area contributed by atoms with E-state index in [-0.39, 0.29) is 21.8 Å². The van der Waals surface area contributed by atoms with Crippen molar-refractivity contribution in [3.8, 4) is 11.5 Å². The fourth-order valence-electron chi connectivity index (χ4n) is 3.73. The maximum Gasteiger partial charge on any atom is 0.573 e. The summed E-state index contributed by atoms with van der Waals surface area (Å²) in [5.74, 6) is -2.67. The van der Waals surface area contributed by atoms with E-state index in [1.807, 2.05) is 0 Å². The van der Waals surface area contributed by atoms with Gasteiger partial charge in [-0.1, -0.05) is 11.6 Å². The molecule has 3 aromatic rings. The van der Waals surface area contributed by atoms with Gasteiger partial charge in [0, 0.05) is 23.6 Å². The molecule has 0 aliphatic carbocycles. The Balaban J connectivity index is 1.87. The first-order chi connectivity index (χ1) is 16.6. The highest BCUT2D eigenvalue weighted by Gasteiger charge is 2.47. The van der Waals surface area contributed by atoms with Crippen LogP contribution in [0.1, 0.15) is 17.2 Å². The Labute approximate surface area is 202 Å². The van der Waals surface area contributed by atoms with Crippen LogP contribution in [0.5, 0.6) is 11.5 Å². The van der Waals surface area contributed by atoms with Gasteiger partial charge in [-0.15, -0.1) is 13.2 Å². The van der Waals surface area contributed by atoms with E-state index < -0.39 is 35.6 Å². The van der Waals surface area contributed by atoms with Crippen molar-refractivity contribution in [2.45, 2.75) is 12.4 Å². The molecule has 1 aliphatic rings. The number of benzene rings is 2. The lowest BCUT2D eigenvalue weighted by Crippen LogP contribution is -2.29. The van der Waals surface area contributed by atoms with Gasteiger partial charge in [-0.25, -0.2) is 0 Å². The quantitative estimate of drug-likeness (QED) is 0.289. The number of halogens is 4. The Morgan fingerprint density at radius 3 is 2.26 bits per heavy atom. The van der Waals surface area contributed by atoms with Gasteiger partial charge in [0.05, 0.1) is 23.7 Å². The molecule has 4 rings (SSSR count). The number of hydrogen-bond acceptors (Lipinski definition) is 6.